The standard InChI is InChI=1S/C15H14FN3O2/c1-3-17-15-14(20-2)13(18-8-19-15)12-7-9-6-10(16)4-5-11(9)21-12/h4-8H,3H2,1-2H3,(H,17,18,19). The average Bonchev–Trinajstić information content (AvgIpc) is 2.90. The van der Waals surface area contributed by atoms with Crippen LogP contribution in [0.2, 0.25) is 0 Å². The zero-order valence-electron chi connectivity index (χ0n) is 11.7. The number of nitrogens with one attached hydrogen (secondary N) is 1. The lowest BCUT2D eigenvalue weighted by Crippen LogP contribution is -2.04. The SMILES string of the molecule is CCNc1ncnc(-c2cc3cc(F)ccc3o2)c1OC. The number of ether oxygens (including phenoxy) is 1. The van der Waals surface area contributed by atoms with Gasteiger partial charge in [0.05, 0.1) is 7.11 Å². The summed E-state index contributed by atoms with van der Waals surface area (Å²) in [5.41, 5.74) is 1.12. The number of hydrogen-bond donors (Lipinski definition) is 1. The van der Waals surface area contributed by atoms with Crippen molar-refractivity contribution in [3.05, 3.63) is 36.4 Å². The molecule has 0 aliphatic carbocycles. The average molecular weight is 287 g/mol. The maximum absolute atomic E-state index is 13.3. The first-order chi connectivity index (χ1) is 10.2. The molecule has 0 fully saturated rings. The smallest absolute Gasteiger partial charge is 0.190 e. The molecular weight excluding hydrogens is 273 g/mol. The van der Waals surface area contributed by atoms with E-state index in [9.17, 15) is 4.39 Å². The molecule has 1 N–H and O–H groups in total. The van der Waals surface area contributed by atoms with E-state index in [2.05, 4.69) is 15.3 Å². The molecule has 0 aliphatic rings. The third-order valence-corrected chi connectivity index (χ3v) is 3.06. The third-order valence-electron chi connectivity index (χ3n) is 3.06. The molecule has 0 bridgehead atoms. The van der Waals surface area contributed by atoms with Gasteiger partial charge in [-0.2, -0.15) is 0 Å². The predicted molar refractivity (Wildman–Crippen MR) is 77.9 cm³/mol. The number of benzene rings is 1. The van der Waals surface area contributed by atoms with Crippen molar-refractivity contribution >= 4 is 16.8 Å². The summed E-state index contributed by atoms with van der Waals surface area (Å²) in [6.45, 7) is 2.67. The van der Waals surface area contributed by atoms with Crippen LogP contribution in [-0.4, -0.2) is 23.6 Å². The maximum Gasteiger partial charge on any atom is 0.190 e. The van der Waals surface area contributed by atoms with Crippen molar-refractivity contribution in [3.63, 3.8) is 0 Å². The largest absolute Gasteiger partial charge is 0.491 e. The van der Waals surface area contributed by atoms with Crippen molar-refractivity contribution in [3.8, 4) is 17.2 Å². The van der Waals surface area contributed by atoms with Crippen LogP contribution in [0.3, 0.4) is 0 Å². The van der Waals surface area contributed by atoms with Crippen LogP contribution in [0.4, 0.5) is 10.2 Å². The molecule has 0 saturated heterocycles. The van der Waals surface area contributed by atoms with Gasteiger partial charge in [0.15, 0.2) is 23.0 Å². The first-order valence-electron chi connectivity index (χ1n) is 6.55. The summed E-state index contributed by atoms with van der Waals surface area (Å²) in [6, 6.07) is 6.10. The van der Waals surface area contributed by atoms with Gasteiger partial charge in [0.25, 0.3) is 0 Å². The number of methoxy groups -OCH3 is 1. The second-order valence-corrected chi connectivity index (χ2v) is 4.43. The van der Waals surface area contributed by atoms with E-state index in [1.165, 1.54) is 18.5 Å². The van der Waals surface area contributed by atoms with Gasteiger partial charge >= 0.3 is 0 Å². The fourth-order valence-electron chi connectivity index (χ4n) is 2.17. The lowest BCUT2D eigenvalue weighted by molar-refractivity contribution is 0.413. The fourth-order valence-corrected chi connectivity index (χ4v) is 2.17. The molecule has 0 aliphatic heterocycles. The number of nitrogens with zero attached hydrogens (tertiary/aromatic N) is 2. The second kappa shape index (κ2) is 5.40. The predicted octanol–water partition coefficient (Wildman–Crippen LogP) is 3.47. The van der Waals surface area contributed by atoms with E-state index in [-0.39, 0.29) is 5.82 Å². The monoisotopic (exact) mass is 287 g/mol. The molecule has 0 atom stereocenters. The van der Waals surface area contributed by atoms with Crippen LogP contribution in [0.15, 0.2) is 35.0 Å². The van der Waals surface area contributed by atoms with Gasteiger partial charge in [-0.15, -0.1) is 0 Å². The number of halogens is 1. The highest BCUT2D eigenvalue weighted by Gasteiger charge is 2.17. The summed E-state index contributed by atoms with van der Waals surface area (Å²) in [5, 5.41) is 3.78. The molecule has 6 heteroatoms. The van der Waals surface area contributed by atoms with E-state index in [0.717, 1.165) is 0 Å². The normalized spacial score (nSPS) is 10.8. The first kappa shape index (κ1) is 13.4. The summed E-state index contributed by atoms with van der Waals surface area (Å²) in [7, 11) is 1.55. The van der Waals surface area contributed by atoms with E-state index >= 15 is 0 Å². The van der Waals surface area contributed by atoms with Crippen LogP contribution >= 0.6 is 0 Å². The molecule has 2 heterocycles. The van der Waals surface area contributed by atoms with Gasteiger partial charge in [0.1, 0.15) is 17.7 Å². The Labute approximate surface area is 120 Å². The highest BCUT2D eigenvalue weighted by Crippen LogP contribution is 2.35. The molecule has 0 spiro atoms. The van der Waals surface area contributed by atoms with Crippen molar-refractivity contribution in [2.24, 2.45) is 0 Å². The Kier molecular flexibility index (Phi) is 3.43. The van der Waals surface area contributed by atoms with Crippen LogP contribution in [0.5, 0.6) is 5.75 Å². The molecular formula is C15H14FN3O2. The molecule has 0 amide bonds. The van der Waals surface area contributed by atoms with E-state index in [4.69, 9.17) is 9.15 Å². The lowest BCUT2D eigenvalue weighted by atomic mass is 10.2. The van der Waals surface area contributed by atoms with E-state index in [1.807, 2.05) is 6.92 Å². The minimum Gasteiger partial charge on any atom is -0.491 e. The molecule has 0 saturated carbocycles. The Hall–Kier alpha value is -2.63. The quantitative estimate of drug-likeness (QED) is 0.796. The zero-order valence-corrected chi connectivity index (χ0v) is 11.7. The minimum atomic E-state index is -0.308. The summed E-state index contributed by atoms with van der Waals surface area (Å²) >= 11 is 0. The molecule has 3 rings (SSSR count). The van der Waals surface area contributed by atoms with Crippen LogP contribution in [0.25, 0.3) is 22.4 Å². The van der Waals surface area contributed by atoms with Gasteiger partial charge in [-0.05, 0) is 31.2 Å². The fraction of sp³-hybridized carbons (Fsp3) is 0.200. The summed E-state index contributed by atoms with van der Waals surface area (Å²) in [4.78, 5) is 8.36. The lowest BCUT2D eigenvalue weighted by Gasteiger charge is -2.10. The number of rotatable bonds is 4. The molecule has 5 nitrogen and oxygen atoms in total. The van der Waals surface area contributed by atoms with Crippen LogP contribution in [0.1, 0.15) is 6.92 Å². The Bertz CT molecular complexity index is 786. The molecule has 21 heavy (non-hydrogen) atoms. The van der Waals surface area contributed by atoms with Gasteiger partial charge in [-0.25, -0.2) is 14.4 Å². The Morgan fingerprint density at radius 2 is 2.14 bits per heavy atom. The van der Waals surface area contributed by atoms with Crippen LogP contribution in [-0.2, 0) is 0 Å². The van der Waals surface area contributed by atoms with Gasteiger partial charge in [-0.3, -0.25) is 0 Å². The van der Waals surface area contributed by atoms with Gasteiger partial charge in [0, 0.05) is 11.9 Å². The van der Waals surface area contributed by atoms with Crippen molar-refractivity contribution < 1.29 is 13.5 Å². The molecule has 2 aromatic heterocycles. The topological polar surface area (TPSA) is 60.2 Å². The van der Waals surface area contributed by atoms with Crippen molar-refractivity contribution in [2.75, 3.05) is 19.0 Å². The molecule has 0 radical (unpaired) electrons. The zero-order chi connectivity index (χ0) is 14.8. The third kappa shape index (κ3) is 2.40. The number of furan rings is 1. The maximum atomic E-state index is 13.3. The van der Waals surface area contributed by atoms with E-state index in [1.54, 1.807) is 19.2 Å². The first-order valence-corrected chi connectivity index (χ1v) is 6.55. The summed E-state index contributed by atoms with van der Waals surface area (Å²) in [6.07, 6.45) is 1.43. The van der Waals surface area contributed by atoms with Gasteiger partial charge in [-0.1, -0.05) is 0 Å². The Morgan fingerprint density at radius 1 is 1.29 bits per heavy atom. The molecule has 3 aromatic rings. The molecule has 108 valence electrons. The Morgan fingerprint density at radius 3 is 2.90 bits per heavy atom. The van der Waals surface area contributed by atoms with Crippen LogP contribution < -0.4 is 10.1 Å². The number of hydrogen-bond acceptors (Lipinski definition) is 5. The van der Waals surface area contributed by atoms with Gasteiger partial charge in [0.2, 0.25) is 0 Å². The van der Waals surface area contributed by atoms with Crippen molar-refractivity contribution in [1.82, 2.24) is 9.97 Å². The highest BCUT2D eigenvalue weighted by atomic mass is 19.1. The van der Waals surface area contributed by atoms with Gasteiger partial charge < -0.3 is 14.5 Å². The molecule has 1 aromatic carbocycles. The summed E-state index contributed by atoms with van der Waals surface area (Å²) in [5.74, 6) is 1.29. The number of aromatic nitrogens is 2. The molecule has 0 unspecified atom stereocenters. The highest BCUT2D eigenvalue weighted by molar-refractivity contribution is 5.84. The number of fused-ring (bicyclic) bond motifs is 1. The van der Waals surface area contributed by atoms with Crippen molar-refractivity contribution in [1.29, 1.82) is 0 Å². The van der Waals surface area contributed by atoms with Crippen molar-refractivity contribution in [2.45, 2.75) is 6.92 Å². The van der Waals surface area contributed by atoms with Crippen LogP contribution in [0, 0.1) is 5.82 Å². The summed E-state index contributed by atoms with van der Waals surface area (Å²) < 4.78 is 24.4. The van der Waals surface area contributed by atoms with E-state index in [0.29, 0.717) is 40.5 Å². The number of anilines is 1. The minimum absolute atomic E-state index is 0.308. The van der Waals surface area contributed by atoms with E-state index < -0.39 is 0 Å². The Balaban J connectivity index is 2.15. The second-order valence-electron chi connectivity index (χ2n) is 4.43.